The van der Waals surface area contributed by atoms with Crippen molar-refractivity contribution in [2.45, 2.75) is 31.7 Å². The van der Waals surface area contributed by atoms with Crippen LogP contribution in [0.3, 0.4) is 0 Å². The summed E-state index contributed by atoms with van der Waals surface area (Å²) >= 11 is 5.64. The monoisotopic (exact) mass is 255 g/mol. The predicted molar refractivity (Wildman–Crippen MR) is 64.0 cm³/mol. The normalized spacial score (nSPS) is 24.3. The highest BCUT2D eigenvalue weighted by Gasteiger charge is 2.25. The molecule has 1 aromatic heterocycles. The van der Waals surface area contributed by atoms with Crippen LogP contribution in [-0.4, -0.2) is 27.3 Å². The van der Waals surface area contributed by atoms with E-state index in [-0.39, 0.29) is 12.0 Å². The van der Waals surface area contributed by atoms with Crippen molar-refractivity contribution in [1.29, 1.82) is 0 Å². The summed E-state index contributed by atoms with van der Waals surface area (Å²) < 4.78 is 0. The molecule has 0 radical (unpaired) electrons. The number of carboxylic acid groups (broad SMARTS) is 1. The molecule has 2 N–H and O–H groups in total. The number of nitrogens with one attached hydrogen (secondary N) is 1. The molecule has 0 aromatic carbocycles. The van der Waals surface area contributed by atoms with Gasteiger partial charge < -0.3 is 10.4 Å². The minimum atomic E-state index is -0.685. The largest absolute Gasteiger partial charge is 0.481 e. The standard InChI is InChI=1S/C11H14ClN3O2/c12-9-5-6-10(15-14-9)13-8-3-1-7(2-4-8)11(16)17/h5-8H,1-4H2,(H,13,15)(H,16,17). The van der Waals surface area contributed by atoms with E-state index in [9.17, 15) is 4.79 Å². The number of hydrogen-bond donors (Lipinski definition) is 2. The molecule has 1 aliphatic rings. The molecule has 1 aromatic rings. The molecule has 2 rings (SSSR count). The molecule has 1 fully saturated rings. The van der Waals surface area contributed by atoms with Crippen LogP contribution in [0.1, 0.15) is 25.7 Å². The number of halogens is 1. The number of hydrogen-bond acceptors (Lipinski definition) is 4. The molecule has 6 heteroatoms. The number of aromatic nitrogens is 2. The molecule has 1 heterocycles. The maximum Gasteiger partial charge on any atom is 0.306 e. The number of nitrogens with zero attached hydrogens (tertiary/aromatic N) is 2. The molecule has 0 atom stereocenters. The van der Waals surface area contributed by atoms with E-state index in [0.717, 1.165) is 12.8 Å². The Hall–Kier alpha value is -1.36. The van der Waals surface area contributed by atoms with E-state index < -0.39 is 5.97 Å². The Labute approximate surface area is 104 Å². The van der Waals surface area contributed by atoms with Crippen LogP contribution in [0.5, 0.6) is 0 Å². The van der Waals surface area contributed by atoms with Gasteiger partial charge in [-0.25, -0.2) is 0 Å². The van der Waals surface area contributed by atoms with Crippen molar-refractivity contribution in [3.8, 4) is 0 Å². The third-order valence-electron chi connectivity index (χ3n) is 3.06. The first-order valence-corrected chi connectivity index (χ1v) is 6.01. The quantitative estimate of drug-likeness (QED) is 0.866. The van der Waals surface area contributed by atoms with Crippen molar-refractivity contribution >= 4 is 23.4 Å². The van der Waals surface area contributed by atoms with Crippen LogP contribution in [0.4, 0.5) is 5.82 Å². The van der Waals surface area contributed by atoms with Gasteiger partial charge in [-0.1, -0.05) is 11.6 Å². The topological polar surface area (TPSA) is 75.1 Å². The van der Waals surface area contributed by atoms with Crippen LogP contribution < -0.4 is 5.32 Å². The highest BCUT2D eigenvalue weighted by molar-refractivity contribution is 6.29. The molecule has 0 unspecified atom stereocenters. The lowest BCUT2D eigenvalue weighted by Crippen LogP contribution is -2.29. The van der Waals surface area contributed by atoms with Gasteiger partial charge in [0.25, 0.3) is 0 Å². The number of carbonyl (C=O) groups is 1. The van der Waals surface area contributed by atoms with Gasteiger partial charge in [0.05, 0.1) is 5.92 Å². The zero-order chi connectivity index (χ0) is 12.3. The summed E-state index contributed by atoms with van der Waals surface area (Å²) in [6.07, 6.45) is 3.13. The number of rotatable bonds is 3. The first-order chi connectivity index (χ1) is 8.15. The fraction of sp³-hybridized carbons (Fsp3) is 0.545. The second kappa shape index (κ2) is 5.31. The predicted octanol–water partition coefficient (Wildman–Crippen LogP) is 2.19. The third-order valence-corrected chi connectivity index (χ3v) is 3.26. The molecular formula is C11H14ClN3O2. The minimum Gasteiger partial charge on any atom is -0.481 e. The first-order valence-electron chi connectivity index (χ1n) is 5.63. The fourth-order valence-corrected chi connectivity index (χ4v) is 2.19. The van der Waals surface area contributed by atoms with Gasteiger partial charge in [0.1, 0.15) is 5.82 Å². The van der Waals surface area contributed by atoms with Gasteiger partial charge in [-0.2, -0.15) is 0 Å². The lowest BCUT2D eigenvalue weighted by Gasteiger charge is -2.26. The highest BCUT2D eigenvalue weighted by atomic mass is 35.5. The summed E-state index contributed by atoms with van der Waals surface area (Å²) in [6, 6.07) is 3.74. The van der Waals surface area contributed by atoms with Crippen molar-refractivity contribution in [2.75, 3.05) is 5.32 Å². The van der Waals surface area contributed by atoms with Gasteiger partial charge in [0.15, 0.2) is 5.15 Å². The van der Waals surface area contributed by atoms with Crippen molar-refractivity contribution in [3.05, 3.63) is 17.3 Å². The number of aliphatic carboxylic acids is 1. The second-order valence-electron chi connectivity index (χ2n) is 4.27. The first kappa shape index (κ1) is 12.1. The zero-order valence-electron chi connectivity index (χ0n) is 9.27. The van der Waals surface area contributed by atoms with Gasteiger partial charge in [-0.3, -0.25) is 4.79 Å². The van der Waals surface area contributed by atoms with Gasteiger partial charge in [-0.05, 0) is 37.8 Å². The second-order valence-corrected chi connectivity index (χ2v) is 4.66. The lowest BCUT2D eigenvalue weighted by molar-refractivity contribution is -0.142. The van der Waals surface area contributed by atoms with E-state index in [1.807, 2.05) is 0 Å². The Morgan fingerprint density at radius 1 is 1.29 bits per heavy atom. The molecule has 0 aliphatic heterocycles. The Kier molecular flexibility index (Phi) is 3.78. The summed E-state index contributed by atoms with van der Waals surface area (Å²) in [4.78, 5) is 10.8. The maximum absolute atomic E-state index is 10.8. The van der Waals surface area contributed by atoms with Crippen LogP contribution in [-0.2, 0) is 4.79 Å². The molecule has 1 saturated carbocycles. The molecular weight excluding hydrogens is 242 g/mol. The molecule has 5 nitrogen and oxygen atoms in total. The number of anilines is 1. The van der Waals surface area contributed by atoms with Crippen molar-refractivity contribution in [1.82, 2.24) is 10.2 Å². The average Bonchev–Trinajstić information content (AvgIpc) is 2.33. The zero-order valence-corrected chi connectivity index (χ0v) is 10.0. The van der Waals surface area contributed by atoms with E-state index in [2.05, 4.69) is 15.5 Å². The molecule has 1 aliphatic carbocycles. The van der Waals surface area contributed by atoms with E-state index in [4.69, 9.17) is 16.7 Å². The molecule has 0 bridgehead atoms. The minimum absolute atomic E-state index is 0.190. The molecule has 0 amide bonds. The fourth-order valence-electron chi connectivity index (χ4n) is 2.09. The average molecular weight is 256 g/mol. The van der Waals surface area contributed by atoms with Crippen molar-refractivity contribution in [2.24, 2.45) is 5.92 Å². The summed E-state index contributed by atoms with van der Waals surface area (Å²) in [5, 5.41) is 20.2. The van der Waals surface area contributed by atoms with Crippen LogP contribution in [0.15, 0.2) is 12.1 Å². The lowest BCUT2D eigenvalue weighted by atomic mass is 9.86. The smallest absolute Gasteiger partial charge is 0.306 e. The van der Waals surface area contributed by atoms with Gasteiger partial charge in [-0.15, -0.1) is 10.2 Å². The van der Waals surface area contributed by atoms with E-state index in [0.29, 0.717) is 23.8 Å². The van der Waals surface area contributed by atoms with Crippen molar-refractivity contribution < 1.29 is 9.90 Å². The van der Waals surface area contributed by atoms with Gasteiger partial charge >= 0.3 is 5.97 Å². The molecule has 0 saturated heterocycles. The SMILES string of the molecule is O=C(O)C1CCC(Nc2ccc(Cl)nn2)CC1. The van der Waals surface area contributed by atoms with E-state index in [1.165, 1.54) is 0 Å². The highest BCUT2D eigenvalue weighted by Crippen LogP contribution is 2.26. The van der Waals surface area contributed by atoms with Crippen LogP contribution in [0.25, 0.3) is 0 Å². The third kappa shape index (κ3) is 3.30. The van der Waals surface area contributed by atoms with Crippen LogP contribution >= 0.6 is 11.6 Å². The molecule has 17 heavy (non-hydrogen) atoms. The Morgan fingerprint density at radius 2 is 2.00 bits per heavy atom. The maximum atomic E-state index is 10.8. The van der Waals surface area contributed by atoms with Crippen molar-refractivity contribution in [3.63, 3.8) is 0 Å². The molecule has 92 valence electrons. The number of carboxylic acids is 1. The summed E-state index contributed by atoms with van der Waals surface area (Å²) in [5.41, 5.74) is 0. The summed E-state index contributed by atoms with van der Waals surface area (Å²) in [7, 11) is 0. The van der Waals surface area contributed by atoms with E-state index in [1.54, 1.807) is 12.1 Å². The van der Waals surface area contributed by atoms with Crippen LogP contribution in [0.2, 0.25) is 5.15 Å². The Morgan fingerprint density at radius 3 is 2.53 bits per heavy atom. The van der Waals surface area contributed by atoms with Gasteiger partial charge in [0, 0.05) is 6.04 Å². The Balaban J connectivity index is 1.85. The molecule has 0 spiro atoms. The van der Waals surface area contributed by atoms with Gasteiger partial charge in [0.2, 0.25) is 0 Å². The van der Waals surface area contributed by atoms with E-state index >= 15 is 0 Å². The van der Waals surface area contributed by atoms with Crippen LogP contribution in [0, 0.1) is 5.92 Å². The summed E-state index contributed by atoms with van der Waals surface area (Å²) in [6.45, 7) is 0. The summed E-state index contributed by atoms with van der Waals surface area (Å²) in [5.74, 6) is -0.188. The Bertz CT molecular complexity index is 388.